The molecule has 3 N–H and O–H groups in total. The number of nitrogens with two attached hydrogens (primary N) is 1. The predicted octanol–water partition coefficient (Wildman–Crippen LogP) is 4.22. The van der Waals surface area contributed by atoms with Gasteiger partial charge in [-0.2, -0.15) is 0 Å². The van der Waals surface area contributed by atoms with Crippen molar-refractivity contribution in [2.24, 2.45) is 17.3 Å². The summed E-state index contributed by atoms with van der Waals surface area (Å²) >= 11 is 0. The molecule has 2 fully saturated rings. The zero-order valence-corrected chi connectivity index (χ0v) is 12.4. The Morgan fingerprint density at radius 1 is 1.20 bits per heavy atom. The number of fused-ring (bicyclic) bond motifs is 5. The maximum Gasteiger partial charge on any atom is 0.138 e. The summed E-state index contributed by atoms with van der Waals surface area (Å²) in [5, 5.41) is 9.84. The van der Waals surface area contributed by atoms with Gasteiger partial charge in [0.1, 0.15) is 5.75 Å². The van der Waals surface area contributed by atoms with Crippen LogP contribution in [0.3, 0.4) is 0 Å². The molecule has 0 spiro atoms. The highest BCUT2D eigenvalue weighted by Crippen LogP contribution is 2.61. The Bertz CT molecular complexity index is 553. The lowest BCUT2D eigenvalue weighted by molar-refractivity contribution is 0.0598. The average Bonchev–Trinajstić information content (AvgIpc) is 2.82. The summed E-state index contributed by atoms with van der Waals surface area (Å²) in [6.45, 7) is 2.53. The molecule has 20 heavy (non-hydrogen) atoms. The van der Waals surface area contributed by atoms with Crippen LogP contribution in [0.4, 0.5) is 5.69 Å². The van der Waals surface area contributed by atoms with Gasteiger partial charge >= 0.3 is 0 Å². The first-order valence-electron chi connectivity index (χ1n) is 8.20. The number of anilines is 1. The van der Waals surface area contributed by atoms with E-state index in [0.29, 0.717) is 17.0 Å². The zero-order chi connectivity index (χ0) is 13.9. The molecule has 0 saturated heterocycles. The summed E-state index contributed by atoms with van der Waals surface area (Å²) in [5.74, 6) is 2.73. The predicted molar refractivity (Wildman–Crippen MR) is 81.8 cm³/mol. The van der Waals surface area contributed by atoms with Crippen LogP contribution in [-0.2, 0) is 6.42 Å². The van der Waals surface area contributed by atoms with Crippen LogP contribution in [0, 0.1) is 17.3 Å². The number of aryl methyl sites for hydroxylation is 1. The van der Waals surface area contributed by atoms with Gasteiger partial charge in [0.05, 0.1) is 5.69 Å². The molecule has 3 aliphatic rings. The van der Waals surface area contributed by atoms with Crippen LogP contribution < -0.4 is 5.73 Å². The van der Waals surface area contributed by atoms with Gasteiger partial charge in [0.25, 0.3) is 0 Å². The van der Waals surface area contributed by atoms with E-state index >= 15 is 0 Å². The van der Waals surface area contributed by atoms with Gasteiger partial charge < -0.3 is 10.8 Å². The SMILES string of the molecule is CC12CCCC1C1CCc3cc(O)c(N)cc3C1CC2. The molecule has 108 valence electrons. The third kappa shape index (κ3) is 1.63. The van der Waals surface area contributed by atoms with Gasteiger partial charge in [-0.3, -0.25) is 0 Å². The fourth-order valence-electron chi connectivity index (χ4n) is 5.62. The van der Waals surface area contributed by atoms with Crippen molar-refractivity contribution in [1.82, 2.24) is 0 Å². The van der Waals surface area contributed by atoms with Gasteiger partial charge in [0, 0.05) is 0 Å². The molecule has 0 aliphatic heterocycles. The van der Waals surface area contributed by atoms with E-state index < -0.39 is 0 Å². The molecule has 1 aromatic rings. The van der Waals surface area contributed by atoms with Crippen molar-refractivity contribution in [1.29, 1.82) is 0 Å². The van der Waals surface area contributed by atoms with Crippen molar-refractivity contribution < 1.29 is 5.11 Å². The molecule has 0 radical (unpaired) electrons. The summed E-state index contributed by atoms with van der Waals surface area (Å²) in [6.07, 6.45) is 9.41. The molecule has 0 aromatic heterocycles. The highest BCUT2D eigenvalue weighted by molar-refractivity contribution is 5.57. The minimum absolute atomic E-state index is 0.267. The molecule has 0 amide bonds. The first kappa shape index (κ1) is 12.6. The Kier molecular flexibility index (Phi) is 2.61. The van der Waals surface area contributed by atoms with Crippen molar-refractivity contribution in [2.45, 2.75) is 57.8 Å². The monoisotopic (exact) mass is 271 g/mol. The van der Waals surface area contributed by atoms with Crippen molar-refractivity contribution in [3.8, 4) is 5.75 Å². The standard InChI is InChI=1S/C18H25NO/c1-18-7-2-3-15(18)13-5-4-11-9-17(20)16(19)10-14(11)12(13)6-8-18/h9-10,12-13,15,20H,2-8,19H2,1H3. The molecule has 2 saturated carbocycles. The molecule has 3 aliphatic carbocycles. The van der Waals surface area contributed by atoms with Crippen LogP contribution in [0.15, 0.2) is 12.1 Å². The first-order chi connectivity index (χ1) is 9.58. The summed E-state index contributed by atoms with van der Waals surface area (Å²) in [7, 11) is 0. The zero-order valence-electron chi connectivity index (χ0n) is 12.4. The van der Waals surface area contributed by atoms with E-state index in [2.05, 4.69) is 13.0 Å². The van der Waals surface area contributed by atoms with Crippen molar-refractivity contribution in [3.63, 3.8) is 0 Å². The number of aromatic hydroxyl groups is 1. The molecular weight excluding hydrogens is 246 g/mol. The van der Waals surface area contributed by atoms with Gasteiger partial charge in [0.15, 0.2) is 0 Å². The molecule has 1 aromatic carbocycles. The third-order valence-corrected chi connectivity index (χ3v) is 6.65. The van der Waals surface area contributed by atoms with Crippen LogP contribution in [0.1, 0.15) is 62.5 Å². The third-order valence-electron chi connectivity index (χ3n) is 6.65. The van der Waals surface area contributed by atoms with Crippen molar-refractivity contribution in [2.75, 3.05) is 5.73 Å². The maximum atomic E-state index is 9.84. The summed E-state index contributed by atoms with van der Waals surface area (Å²) in [5.41, 5.74) is 9.92. The van der Waals surface area contributed by atoms with Gasteiger partial charge in [-0.1, -0.05) is 13.3 Å². The molecule has 2 heteroatoms. The quantitative estimate of drug-likeness (QED) is 0.548. The molecule has 0 heterocycles. The van der Waals surface area contributed by atoms with Crippen molar-refractivity contribution >= 4 is 5.69 Å². The Balaban J connectivity index is 1.74. The fourth-order valence-corrected chi connectivity index (χ4v) is 5.62. The van der Waals surface area contributed by atoms with E-state index in [9.17, 15) is 5.11 Å². The second-order valence-electron chi connectivity index (χ2n) is 7.61. The van der Waals surface area contributed by atoms with Crippen LogP contribution in [0.2, 0.25) is 0 Å². The largest absolute Gasteiger partial charge is 0.506 e. The number of hydrogen-bond donors (Lipinski definition) is 2. The Labute approximate surface area is 121 Å². The van der Waals surface area contributed by atoms with E-state index in [0.717, 1.165) is 18.3 Å². The number of benzene rings is 1. The number of phenolic OH excluding ortho intramolecular Hbond substituents is 1. The van der Waals surface area contributed by atoms with Crippen LogP contribution in [0.25, 0.3) is 0 Å². The number of hydrogen-bond acceptors (Lipinski definition) is 2. The summed E-state index contributed by atoms with van der Waals surface area (Å²) < 4.78 is 0. The highest BCUT2D eigenvalue weighted by atomic mass is 16.3. The lowest BCUT2D eigenvalue weighted by atomic mass is 9.56. The van der Waals surface area contributed by atoms with E-state index in [1.54, 1.807) is 0 Å². The smallest absolute Gasteiger partial charge is 0.138 e. The minimum atomic E-state index is 0.267. The molecule has 4 atom stereocenters. The molecule has 0 bridgehead atoms. The summed E-state index contributed by atoms with van der Waals surface area (Å²) in [4.78, 5) is 0. The molecular formula is C18H25NO. The van der Waals surface area contributed by atoms with Gasteiger partial charge in [-0.25, -0.2) is 0 Å². The van der Waals surface area contributed by atoms with Gasteiger partial charge in [-0.05, 0) is 85.0 Å². The van der Waals surface area contributed by atoms with Gasteiger partial charge in [-0.15, -0.1) is 0 Å². The van der Waals surface area contributed by atoms with Crippen LogP contribution in [-0.4, -0.2) is 5.11 Å². The highest BCUT2D eigenvalue weighted by Gasteiger charge is 2.50. The molecule has 4 unspecified atom stereocenters. The average molecular weight is 271 g/mol. The minimum Gasteiger partial charge on any atom is -0.506 e. The number of rotatable bonds is 0. The van der Waals surface area contributed by atoms with E-state index in [1.165, 1.54) is 49.7 Å². The normalized spacial score (nSPS) is 39.0. The van der Waals surface area contributed by atoms with Crippen LogP contribution >= 0.6 is 0 Å². The molecule has 2 nitrogen and oxygen atoms in total. The molecule has 4 rings (SSSR count). The van der Waals surface area contributed by atoms with Crippen molar-refractivity contribution in [3.05, 3.63) is 23.3 Å². The second-order valence-corrected chi connectivity index (χ2v) is 7.61. The number of nitrogen functional groups attached to an aromatic ring is 1. The lowest BCUT2D eigenvalue weighted by Crippen LogP contribution is -2.39. The second kappa shape index (κ2) is 4.16. The Morgan fingerprint density at radius 2 is 2.05 bits per heavy atom. The first-order valence-corrected chi connectivity index (χ1v) is 8.20. The van der Waals surface area contributed by atoms with E-state index in [-0.39, 0.29) is 5.75 Å². The Hall–Kier alpha value is -1.18. The Morgan fingerprint density at radius 3 is 2.90 bits per heavy atom. The lowest BCUT2D eigenvalue weighted by Gasteiger charge is -2.49. The summed E-state index contributed by atoms with van der Waals surface area (Å²) in [6, 6.07) is 3.99. The van der Waals surface area contributed by atoms with Crippen LogP contribution in [0.5, 0.6) is 5.75 Å². The van der Waals surface area contributed by atoms with E-state index in [1.807, 2.05) is 6.07 Å². The van der Waals surface area contributed by atoms with Gasteiger partial charge in [0.2, 0.25) is 0 Å². The van der Waals surface area contributed by atoms with E-state index in [4.69, 9.17) is 5.73 Å². The fraction of sp³-hybridized carbons (Fsp3) is 0.667. The topological polar surface area (TPSA) is 46.2 Å². The number of phenols is 1. The maximum absolute atomic E-state index is 9.84.